The van der Waals surface area contributed by atoms with Crippen molar-refractivity contribution in [2.24, 2.45) is 11.7 Å². The molecule has 0 spiro atoms. The SMILES string of the molecule is Cc1ccc(OCCn2nnc(CN)c2CC(C)C)cc1. The molecule has 0 aliphatic heterocycles. The molecule has 0 aliphatic rings. The lowest BCUT2D eigenvalue weighted by molar-refractivity contribution is 0.286. The maximum atomic E-state index is 5.75. The lowest BCUT2D eigenvalue weighted by atomic mass is 10.1. The average Bonchev–Trinajstić information content (AvgIpc) is 2.83. The highest BCUT2D eigenvalue weighted by molar-refractivity contribution is 5.26. The minimum atomic E-state index is 0.431. The number of hydrogen-bond donors (Lipinski definition) is 1. The van der Waals surface area contributed by atoms with E-state index in [0.29, 0.717) is 25.6 Å². The Balaban J connectivity index is 1.96. The van der Waals surface area contributed by atoms with Crippen LogP contribution in [0.25, 0.3) is 0 Å². The van der Waals surface area contributed by atoms with Crippen molar-refractivity contribution in [1.29, 1.82) is 0 Å². The minimum absolute atomic E-state index is 0.431. The minimum Gasteiger partial charge on any atom is -0.492 e. The summed E-state index contributed by atoms with van der Waals surface area (Å²) >= 11 is 0. The van der Waals surface area contributed by atoms with Crippen molar-refractivity contribution in [1.82, 2.24) is 15.0 Å². The van der Waals surface area contributed by atoms with E-state index in [9.17, 15) is 0 Å². The van der Waals surface area contributed by atoms with Gasteiger partial charge in [0.15, 0.2) is 0 Å². The van der Waals surface area contributed by atoms with Crippen molar-refractivity contribution in [2.45, 2.75) is 40.3 Å². The Bertz CT molecular complexity index is 560. The molecule has 1 heterocycles. The number of aromatic nitrogens is 3. The third-order valence-corrected chi connectivity index (χ3v) is 3.31. The monoisotopic (exact) mass is 288 g/mol. The lowest BCUT2D eigenvalue weighted by Crippen LogP contribution is -2.15. The Hall–Kier alpha value is -1.88. The van der Waals surface area contributed by atoms with Gasteiger partial charge in [-0.15, -0.1) is 5.10 Å². The number of benzene rings is 1. The van der Waals surface area contributed by atoms with Crippen LogP contribution in [0.15, 0.2) is 24.3 Å². The highest BCUT2D eigenvalue weighted by Gasteiger charge is 2.13. The van der Waals surface area contributed by atoms with Crippen molar-refractivity contribution in [3.8, 4) is 5.75 Å². The first-order valence-electron chi connectivity index (χ1n) is 7.41. The van der Waals surface area contributed by atoms with Crippen molar-refractivity contribution in [2.75, 3.05) is 6.61 Å². The molecule has 0 amide bonds. The van der Waals surface area contributed by atoms with Gasteiger partial charge in [0.25, 0.3) is 0 Å². The van der Waals surface area contributed by atoms with Gasteiger partial charge in [-0.1, -0.05) is 36.8 Å². The van der Waals surface area contributed by atoms with Crippen LogP contribution >= 0.6 is 0 Å². The predicted octanol–water partition coefficient (Wildman–Crippen LogP) is 2.32. The molecule has 0 radical (unpaired) electrons. The van der Waals surface area contributed by atoms with Gasteiger partial charge < -0.3 is 10.5 Å². The molecule has 114 valence electrons. The second-order valence-electron chi connectivity index (χ2n) is 5.67. The van der Waals surface area contributed by atoms with Crippen LogP contribution in [0, 0.1) is 12.8 Å². The van der Waals surface area contributed by atoms with Crippen LogP contribution in [0.2, 0.25) is 0 Å². The first-order valence-corrected chi connectivity index (χ1v) is 7.41. The van der Waals surface area contributed by atoms with Crippen molar-refractivity contribution in [3.63, 3.8) is 0 Å². The summed E-state index contributed by atoms with van der Waals surface area (Å²) in [7, 11) is 0. The van der Waals surface area contributed by atoms with E-state index in [4.69, 9.17) is 10.5 Å². The smallest absolute Gasteiger partial charge is 0.119 e. The van der Waals surface area contributed by atoms with E-state index in [0.717, 1.165) is 23.6 Å². The zero-order chi connectivity index (χ0) is 15.2. The summed E-state index contributed by atoms with van der Waals surface area (Å²) < 4.78 is 7.66. The summed E-state index contributed by atoms with van der Waals surface area (Å²) in [6.07, 6.45) is 0.935. The first-order chi connectivity index (χ1) is 10.1. The van der Waals surface area contributed by atoms with Crippen molar-refractivity contribution < 1.29 is 4.74 Å². The molecule has 2 aromatic rings. The summed E-state index contributed by atoms with van der Waals surface area (Å²) in [5.74, 6) is 1.43. The molecule has 1 aromatic carbocycles. The molecule has 1 aromatic heterocycles. The summed E-state index contributed by atoms with van der Waals surface area (Å²) in [6.45, 7) is 8.11. The zero-order valence-electron chi connectivity index (χ0n) is 13.0. The molecule has 5 nitrogen and oxygen atoms in total. The Morgan fingerprint density at radius 2 is 1.95 bits per heavy atom. The second kappa shape index (κ2) is 7.22. The topological polar surface area (TPSA) is 66.0 Å². The highest BCUT2D eigenvalue weighted by atomic mass is 16.5. The molecule has 0 bridgehead atoms. The molecule has 2 N–H and O–H groups in total. The van der Waals surface area contributed by atoms with Gasteiger partial charge >= 0.3 is 0 Å². The zero-order valence-corrected chi connectivity index (χ0v) is 13.0. The molecule has 0 saturated heterocycles. The van der Waals surface area contributed by atoms with E-state index >= 15 is 0 Å². The standard InChI is InChI=1S/C16H24N4O/c1-12(2)10-16-15(11-17)18-19-20(16)8-9-21-14-6-4-13(3)5-7-14/h4-7,12H,8-11,17H2,1-3H3. The van der Waals surface area contributed by atoms with Crippen LogP contribution in [-0.2, 0) is 19.5 Å². The molecule has 0 saturated carbocycles. The Kier molecular flexibility index (Phi) is 5.33. The van der Waals surface area contributed by atoms with Gasteiger partial charge in [0.05, 0.1) is 17.9 Å². The molecule has 2 rings (SSSR count). The number of aryl methyl sites for hydroxylation is 1. The summed E-state index contributed by atoms with van der Waals surface area (Å²) in [5.41, 5.74) is 8.97. The Morgan fingerprint density at radius 3 is 2.57 bits per heavy atom. The summed E-state index contributed by atoms with van der Waals surface area (Å²) in [5, 5.41) is 8.35. The molecule has 5 heteroatoms. The van der Waals surface area contributed by atoms with Gasteiger partial charge in [-0.05, 0) is 31.4 Å². The van der Waals surface area contributed by atoms with Gasteiger partial charge in [-0.25, -0.2) is 4.68 Å². The van der Waals surface area contributed by atoms with Crippen LogP contribution in [0.1, 0.15) is 30.8 Å². The molecule has 0 aliphatic carbocycles. The average molecular weight is 288 g/mol. The molecule has 0 unspecified atom stereocenters. The van der Waals surface area contributed by atoms with Gasteiger partial charge in [0.2, 0.25) is 0 Å². The van der Waals surface area contributed by atoms with E-state index in [1.165, 1.54) is 5.56 Å². The summed E-state index contributed by atoms with van der Waals surface area (Å²) in [6, 6.07) is 8.05. The number of rotatable bonds is 7. The van der Waals surface area contributed by atoms with Crippen LogP contribution in [0.5, 0.6) is 5.75 Å². The van der Waals surface area contributed by atoms with Crippen molar-refractivity contribution >= 4 is 0 Å². The maximum Gasteiger partial charge on any atom is 0.119 e. The fraction of sp³-hybridized carbons (Fsp3) is 0.500. The number of nitrogens with zero attached hydrogens (tertiary/aromatic N) is 3. The maximum absolute atomic E-state index is 5.75. The normalized spacial score (nSPS) is 11.1. The quantitative estimate of drug-likeness (QED) is 0.849. The largest absolute Gasteiger partial charge is 0.492 e. The number of hydrogen-bond acceptors (Lipinski definition) is 4. The van der Waals surface area contributed by atoms with Crippen LogP contribution < -0.4 is 10.5 Å². The fourth-order valence-electron chi connectivity index (χ4n) is 2.20. The van der Waals surface area contributed by atoms with E-state index in [-0.39, 0.29) is 0 Å². The molecule has 0 atom stereocenters. The van der Waals surface area contributed by atoms with Crippen LogP contribution in [-0.4, -0.2) is 21.6 Å². The van der Waals surface area contributed by atoms with E-state index < -0.39 is 0 Å². The van der Waals surface area contributed by atoms with Gasteiger partial charge in [-0.2, -0.15) is 0 Å². The highest BCUT2D eigenvalue weighted by Crippen LogP contribution is 2.13. The molecule has 0 fully saturated rings. The van der Waals surface area contributed by atoms with Crippen LogP contribution in [0.4, 0.5) is 0 Å². The molecular weight excluding hydrogens is 264 g/mol. The van der Waals surface area contributed by atoms with E-state index in [1.54, 1.807) is 0 Å². The van der Waals surface area contributed by atoms with Gasteiger partial charge in [0.1, 0.15) is 12.4 Å². The molecular formula is C16H24N4O. The third-order valence-electron chi connectivity index (χ3n) is 3.31. The summed E-state index contributed by atoms with van der Waals surface area (Å²) in [4.78, 5) is 0. The van der Waals surface area contributed by atoms with E-state index in [1.807, 2.05) is 28.9 Å². The number of ether oxygens (including phenoxy) is 1. The number of nitrogens with two attached hydrogens (primary N) is 1. The second-order valence-corrected chi connectivity index (χ2v) is 5.67. The predicted molar refractivity (Wildman–Crippen MR) is 83.1 cm³/mol. The van der Waals surface area contributed by atoms with Gasteiger partial charge in [0, 0.05) is 6.54 Å². The fourth-order valence-corrected chi connectivity index (χ4v) is 2.20. The van der Waals surface area contributed by atoms with Crippen molar-refractivity contribution in [3.05, 3.63) is 41.2 Å². The third kappa shape index (κ3) is 4.29. The van der Waals surface area contributed by atoms with E-state index in [2.05, 4.69) is 31.1 Å². The lowest BCUT2D eigenvalue weighted by Gasteiger charge is -2.11. The Labute approximate surface area is 126 Å². The first kappa shape index (κ1) is 15.5. The van der Waals surface area contributed by atoms with Gasteiger partial charge in [-0.3, -0.25) is 0 Å². The Morgan fingerprint density at radius 1 is 1.24 bits per heavy atom. The van der Waals surface area contributed by atoms with Crippen LogP contribution in [0.3, 0.4) is 0 Å². The molecule has 21 heavy (non-hydrogen) atoms.